The summed E-state index contributed by atoms with van der Waals surface area (Å²) in [5.41, 5.74) is 0. The lowest BCUT2D eigenvalue weighted by Gasteiger charge is -2.14. The molecule has 0 saturated carbocycles. The molecular formula is C11H21N3S. The Morgan fingerprint density at radius 2 is 2.20 bits per heavy atom. The zero-order valence-electron chi connectivity index (χ0n) is 9.70. The van der Waals surface area contributed by atoms with Gasteiger partial charge in [0.1, 0.15) is 0 Å². The van der Waals surface area contributed by atoms with Crippen molar-refractivity contribution in [2.75, 3.05) is 6.54 Å². The topological polar surface area (TPSA) is 37.8 Å². The zero-order chi connectivity index (χ0) is 10.9. The van der Waals surface area contributed by atoms with Crippen LogP contribution in [0, 0.1) is 0 Å². The molecule has 0 aliphatic heterocycles. The smallest absolute Gasteiger partial charge is 0.0669 e. The normalized spacial score (nSPS) is 12.9. The molecule has 0 aromatic carbocycles. The maximum atomic E-state index is 3.92. The number of nitrogens with one attached hydrogen (secondary N) is 1. The van der Waals surface area contributed by atoms with E-state index in [-0.39, 0.29) is 0 Å². The van der Waals surface area contributed by atoms with E-state index < -0.39 is 0 Å². The van der Waals surface area contributed by atoms with Crippen molar-refractivity contribution >= 4 is 11.5 Å². The summed E-state index contributed by atoms with van der Waals surface area (Å²) in [6.45, 7) is 5.40. The Labute approximate surface area is 96.5 Å². The standard InChI is InChI=1S/C11H21N3S/c1-3-5-6-7-8-10(12-4-2)11-9-13-14-15-11/h9-10,12H,3-8H2,1-2H3. The zero-order valence-corrected chi connectivity index (χ0v) is 10.5. The van der Waals surface area contributed by atoms with Crippen molar-refractivity contribution in [2.24, 2.45) is 0 Å². The highest BCUT2D eigenvalue weighted by atomic mass is 32.1. The first-order valence-corrected chi connectivity index (χ1v) is 6.66. The minimum atomic E-state index is 0.465. The van der Waals surface area contributed by atoms with Gasteiger partial charge in [-0.05, 0) is 24.5 Å². The molecule has 1 N–H and O–H groups in total. The lowest BCUT2D eigenvalue weighted by Crippen LogP contribution is -2.19. The van der Waals surface area contributed by atoms with Crippen LogP contribution in [0.25, 0.3) is 0 Å². The first kappa shape index (κ1) is 12.6. The fraction of sp³-hybridized carbons (Fsp3) is 0.818. The highest BCUT2D eigenvalue weighted by molar-refractivity contribution is 7.05. The van der Waals surface area contributed by atoms with Gasteiger partial charge in [0.25, 0.3) is 0 Å². The SMILES string of the molecule is CCCCCCC(NCC)c1cnns1. The predicted octanol–water partition coefficient (Wildman–Crippen LogP) is 3.16. The largest absolute Gasteiger partial charge is 0.309 e. The van der Waals surface area contributed by atoms with Crippen LogP contribution in [-0.2, 0) is 0 Å². The van der Waals surface area contributed by atoms with Gasteiger partial charge in [0.2, 0.25) is 0 Å². The van der Waals surface area contributed by atoms with E-state index >= 15 is 0 Å². The molecule has 0 saturated heterocycles. The average molecular weight is 227 g/mol. The lowest BCUT2D eigenvalue weighted by atomic mass is 10.1. The van der Waals surface area contributed by atoms with Crippen LogP contribution in [0.4, 0.5) is 0 Å². The fourth-order valence-corrected chi connectivity index (χ4v) is 2.31. The van der Waals surface area contributed by atoms with E-state index in [1.54, 1.807) is 0 Å². The molecule has 0 radical (unpaired) electrons. The summed E-state index contributed by atoms with van der Waals surface area (Å²) in [6, 6.07) is 0.465. The second-order valence-electron chi connectivity index (χ2n) is 3.78. The van der Waals surface area contributed by atoms with Crippen molar-refractivity contribution in [3.63, 3.8) is 0 Å². The van der Waals surface area contributed by atoms with Crippen LogP contribution in [0.3, 0.4) is 0 Å². The van der Waals surface area contributed by atoms with Gasteiger partial charge in [-0.1, -0.05) is 44.0 Å². The van der Waals surface area contributed by atoms with Crippen molar-refractivity contribution in [3.8, 4) is 0 Å². The monoisotopic (exact) mass is 227 g/mol. The van der Waals surface area contributed by atoms with Crippen molar-refractivity contribution in [1.82, 2.24) is 14.9 Å². The maximum absolute atomic E-state index is 3.92. The van der Waals surface area contributed by atoms with Crippen LogP contribution >= 0.6 is 11.5 Å². The van der Waals surface area contributed by atoms with Gasteiger partial charge in [0.15, 0.2) is 0 Å². The van der Waals surface area contributed by atoms with E-state index in [0.29, 0.717) is 6.04 Å². The minimum Gasteiger partial charge on any atom is -0.309 e. The molecule has 0 fully saturated rings. The van der Waals surface area contributed by atoms with Gasteiger partial charge in [-0.25, -0.2) is 0 Å². The summed E-state index contributed by atoms with van der Waals surface area (Å²) in [7, 11) is 0. The summed E-state index contributed by atoms with van der Waals surface area (Å²) in [5, 5.41) is 7.39. The average Bonchev–Trinajstić information content (AvgIpc) is 2.76. The molecular weight excluding hydrogens is 206 g/mol. The Balaban J connectivity index is 2.31. The van der Waals surface area contributed by atoms with Gasteiger partial charge in [0.05, 0.1) is 11.1 Å². The molecule has 15 heavy (non-hydrogen) atoms. The van der Waals surface area contributed by atoms with Crippen molar-refractivity contribution < 1.29 is 0 Å². The lowest BCUT2D eigenvalue weighted by molar-refractivity contribution is 0.487. The van der Waals surface area contributed by atoms with Gasteiger partial charge in [0, 0.05) is 6.04 Å². The number of aromatic nitrogens is 2. The summed E-state index contributed by atoms with van der Waals surface area (Å²) >= 11 is 1.51. The summed E-state index contributed by atoms with van der Waals surface area (Å²) in [4.78, 5) is 1.27. The fourth-order valence-electron chi connectivity index (χ4n) is 1.69. The molecule has 4 heteroatoms. The van der Waals surface area contributed by atoms with Crippen LogP contribution in [0.15, 0.2) is 6.20 Å². The number of nitrogens with zero attached hydrogens (tertiary/aromatic N) is 2. The number of unbranched alkanes of at least 4 members (excludes halogenated alkanes) is 3. The molecule has 0 spiro atoms. The molecule has 86 valence electrons. The van der Waals surface area contributed by atoms with Gasteiger partial charge in [-0.2, -0.15) is 0 Å². The second-order valence-corrected chi connectivity index (χ2v) is 4.60. The van der Waals surface area contributed by atoms with Gasteiger partial charge < -0.3 is 5.32 Å². The third kappa shape index (κ3) is 4.71. The quantitative estimate of drug-likeness (QED) is 0.693. The number of rotatable bonds is 8. The molecule has 1 heterocycles. The molecule has 3 nitrogen and oxygen atoms in total. The van der Waals surface area contributed by atoms with E-state index in [1.807, 2.05) is 6.20 Å². The van der Waals surface area contributed by atoms with Crippen LogP contribution in [0.5, 0.6) is 0 Å². The van der Waals surface area contributed by atoms with Crippen molar-refractivity contribution in [3.05, 3.63) is 11.1 Å². The summed E-state index contributed by atoms with van der Waals surface area (Å²) in [6.07, 6.45) is 8.37. The van der Waals surface area contributed by atoms with E-state index in [4.69, 9.17) is 0 Å². The molecule has 0 bridgehead atoms. The number of hydrogen-bond acceptors (Lipinski definition) is 4. The molecule has 0 aliphatic rings. The Morgan fingerprint density at radius 1 is 1.33 bits per heavy atom. The van der Waals surface area contributed by atoms with Crippen LogP contribution in [-0.4, -0.2) is 16.1 Å². The Kier molecular flexibility index (Phi) is 6.52. The van der Waals surface area contributed by atoms with Crippen LogP contribution < -0.4 is 5.32 Å². The van der Waals surface area contributed by atoms with Crippen LogP contribution in [0.1, 0.15) is 56.9 Å². The first-order valence-electron chi connectivity index (χ1n) is 5.89. The predicted molar refractivity (Wildman–Crippen MR) is 65.1 cm³/mol. The van der Waals surface area contributed by atoms with Crippen LogP contribution in [0.2, 0.25) is 0 Å². The van der Waals surface area contributed by atoms with Gasteiger partial charge >= 0.3 is 0 Å². The van der Waals surface area contributed by atoms with E-state index in [0.717, 1.165) is 6.54 Å². The molecule has 1 atom stereocenters. The van der Waals surface area contributed by atoms with Crippen molar-refractivity contribution in [2.45, 2.75) is 52.0 Å². The first-order chi connectivity index (χ1) is 7.38. The van der Waals surface area contributed by atoms with Gasteiger partial charge in [-0.15, -0.1) is 5.10 Å². The third-order valence-corrected chi connectivity index (χ3v) is 3.30. The van der Waals surface area contributed by atoms with E-state index in [2.05, 4.69) is 28.8 Å². The molecule has 1 rings (SSSR count). The Hall–Kier alpha value is -0.480. The molecule has 0 amide bonds. The molecule has 1 unspecified atom stereocenters. The summed E-state index contributed by atoms with van der Waals surface area (Å²) < 4.78 is 3.92. The Bertz CT molecular complexity index is 236. The van der Waals surface area contributed by atoms with E-state index in [1.165, 1.54) is 48.5 Å². The highest BCUT2D eigenvalue weighted by Gasteiger charge is 2.11. The summed E-state index contributed by atoms with van der Waals surface area (Å²) in [5.74, 6) is 0. The maximum Gasteiger partial charge on any atom is 0.0669 e. The van der Waals surface area contributed by atoms with Gasteiger partial charge in [-0.3, -0.25) is 0 Å². The molecule has 1 aromatic rings. The van der Waals surface area contributed by atoms with Crippen molar-refractivity contribution in [1.29, 1.82) is 0 Å². The second kappa shape index (κ2) is 7.77. The third-order valence-electron chi connectivity index (χ3n) is 2.52. The highest BCUT2D eigenvalue weighted by Crippen LogP contribution is 2.21. The Morgan fingerprint density at radius 3 is 2.80 bits per heavy atom. The number of hydrogen-bond donors (Lipinski definition) is 1. The molecule has 1 aromatic heterocycles. The van der Waals surface area contributed by atoms with E-state index in [9.17, 15) is 0 Å². The molecule has 0 aliphatic carbocycles. The minimum absolute atomic E-state index is 0.465.